The zero-order valence-corrected chi connectivity index (χ0v) is 79.9. The number of pyridine rings is 11. The number of nitrogens with two attached hydrogens (primary N) is 1. The largest absolute Gasteiger partial charge is 0.574 e. The van der Waals surface area contributed by atoms with Gasteiger partial charge in [-0.25, -0.2) is 34.9 Å². The second-order valence-electron chi connectivity index (χ2n) is 27.6. The van der Waals surface area contributed by atoms with E-state index in [4.69, 9.17) is 72.0 Å². The predicted octanol–water partition coefficient (Wildman–Crippen LogP) is 20.7. The maximum absolute atomic E-state index is 12.1. The van der Waals surface area contributed by atoms with Gasteiger partial charge in [0.25, 0.3) is 0 Å². The number of nitrogens with zero attached hydrogens (tertiary/aromatic N) is 11. The molecule has 0 fully saturated rings. The number of aromatic nitrogens is 11. The standard InChI is InChI=1S/C10H15NO2.C10H15NO.C9H13NO2.C9H13NO.C8H8F3NO2.C8H8F3NO.C8H9F2NO2.C8H12N2O.C8H11NO2.C8H11NO.C7H10N2O/c1-7(2)13-10-5-9(12-4)8(3)6-11-10;1-7(2)9-5-10(12-4)8(3)6-11-9;1-4-12-9-5-8(11-3)7(2)6-10-9;1-4-8-5-9(11-3)7(2)6-10-8;1-5-4-12-7(3-6(5)13-2)14-8(9,10)11;1-5-4-12-7(8(9,10)11)3-6(5)13-2;1-5-4-11-7(13-8(9)10)3-6(5)12-2;1-6-5-10-8(9-2)4-7(6)11-3;1-6-5-9-8(11-3)4-7(6)10-2;1-6-5-9-7(2)4-8(6)10-3;1-5-4-9-7(8)3-6(5)10-2/h5-7H,1-4H3;5-7H,1-4H3;5-6H,4H2,1-3H3;5-6H,4H2,1-3H3;3-4H,1-2H3;3-4H,1-2H3;3-4,8H,1-2H3;4-5H,1-3H3,(H,9,10);4-5H,1-3H3;4-5H,1-3H3;3-4H,1-2H3,(H2,8,9). The minimum atomic E-state index is -4.73. The number of nitrogens with one attached hydrogen (secondary N) is 1. The lowest BCUT2D eigenvalue weighted by Crippen LogP contribution is -2.17. The van der Waals surface area contributed by atoms with E-state index in [0.29, 0.717) is 58.6 Å². The number of aryl methyl sites for hydroxylation is 13. The summed E-state index contributed by atoms with van der Waals surface area (Å²) in [6.07, 6.45) is 9.94. The lowest BCUT2D eigenvalue weighted by Gasteiger charge is -2.10. The molecule has 29 nitrogen and oxygen atoms in total. The summed E-state index contributed by atoms with van der Waals surface area (Å²) in [4.78, 5) is 43.2. The number of ether oxygens (including phenoxy) is 16. The van der Waals surface area contributed by atoms with Crippen molar-refractivity contribution in [2.45, 2.75) is 162 Å². The van der Waals surface area contributed by atoms with Gasteiger partial charge in [-0.1, -0.05) is 20.8 Å². The number of alkyl halides is 8. The molecule has 11 rings (SSSR count). The third kappa shape index (κ3) is 43.8. The highest BCUT2D eigenvalue weighted by Crippen LogP contribution is 2.33. The van der Waals surface area contributed by atoms with Crippen molar-refractivity contribution in [3.63, 3.8) is 0 Å². The van der Waals surface area contributed by atoms with Crippen molar-refractivity contribution in [3.8, 4) is 92.6 Å². The molecule has 11 aromatic heterocycles. The Labute approximate surface area is 757 Å². The van der Waals surface area contributed by atoms with E-state index in [9.17, 15) is 35.1 Å². The summed E-state index contributed by atoms with van der Waals surface area (Å²) < 4.78 is 174. The average molecular weight is 1830 g/mol. The SMILES string of the molecule is CCOc1cc(OC)c(C)cn1.CCc1cc(OC)c(C)cn1.CNc1cc(OC)c(C)cn1.COc1cc(C(C)C)ncc1C.COc1cc(C(F)(F)F)ncc1C.COc1cc(C)ncc1C.COc1cc(N)ncc1C.COc1cc(OC(C)C)ncc1C.COc1cc(OC(F)(F)F)ncc1C.COc1cc(OC(F)F)ncc1C.COc1cc(OC)c(C)cn1. The Bertz CT molecular complexity index is 4880. The summed E-state index contributed by atoms with van der Waals surface area (Å²) in [5.74, 6) is 10.7. The number of rotatable bonds is 22. The molecule has 0 atom stereocenters. The van der Waals surface area contributed by atoms with Crippen LogP contribution in [0.25, 0.3) is 0 Å². The molecule has 0 saturated heterocycles. The fourth-order valence-electron chi connectivity index (χ4n) is 9.83. The maximum atomic E-state index is 12.1. The first-order valence-electron chi connectivity index (χ1n) is 39.9. The van der Waals surface area contributed by atoms with Crippen LogP contribution in [0.1, 0.15) is 131 Å². The van der Waals surface area contributed by atoms with Crippen molar-refractivity contribution in [1.29, 1.82) is 0 Å². The zero-order valence-electron chi connectivity index (χ0n) is 79.9. The molecule has 0 bridgehead atoms. The Balaban J connectivity index is 0.000000716. The molecule has 11 aromatic rings. The molecule has 0 radical (unpaired) electrons. The quantitative estimate of drug-likeness (QED) is 0.0595. The fraction of sp³-hybridized carbons (Fsp3) is 0.409. The molecule has 0 aliphatic carbocycles. The Morgan fingerprint density at radius 3 is 1.02 bits per heavy atom. The van der Waals surface area contributed by atoms with Crippen LogP contribution in [0, 0.1) is 83.1 Å². The summed E-state index contributed by atoms with van der Waals surface area (Å²) in [5.41, 5.74) is 17.9. The molecular formula is C93H125F8N13O16. The van der Waals surface area contributed by atoms with Gasteiger partial charge >= 0.3 is 19.2 Å². The van der Waals surface area contributed by atoms with E-state index in [1.165, 1.54) is 39.8 Å². The lowest BCUT2D eigenvalue weighted by molar-refractivity contribution is -0.276. The second-order valence-corrected chi connectivity index (χ2v) is 27.6. The lowest BCUT2D eigenvalue weighted by atomic mass is 10.1. The normalized spacial score (nSPS) is 10.1. The van der Waals surface area contributed by atoms with Gasteiger partial charge in [-0.05, 0) is 116 Å². The van der Waals surface area contributed by atoms with Crippen LogP contribution in [0.5, 0.6) is 92.6 Å². The monoisotopic (exact) mass is 1830 g/mol. The van der Waals surface area contributed by atoms with E-state index in [0.717, 1.165) is 144 Å². The van der Waals surface area contributed by atoms with Crippen molar-refractivity contribution < 1.29 is 111 Å². The molecule has 0 unspecified atom stereocenters. The van der Waals surface area contributed by atoms with Crippen LogP contribution in [0.15, 0.2) is 135 Å². The van der Waals surface area contributed by atoms with Gasteiger partial charge in [-0.15, -0.1) is 13.2 Å². The first-order valence-corrected chi connectivity index (χ1v) is 39.9. The van der Waals surface area contributed by atoms with Gasteiger partial charge in [0.1, 0.15) is 80.6 Å². The summed E-state index contributed by atoms with van der Waals surface area (Å²) in [6, 6.07) is 18.1. The van der Waals surface area contributed by atoms with Crippen molar-refractivity contribution in [1.82, 2.24) is 54.8 Å². The highest BCUT2D eigenvalue weighted by Gasteiger charge is 2.33. The van der Waals surface area contributed by atoms with Crippen LogP contribution in [0.4, 0.5) is 46.8 Å². The Hall–Kier alpha value is -13.5. The maximum Gasteiger partial charge on any atom is 0.574 e. The van der Waals surface area contributed by atoms with Crippen molar-refractivity contribution >= 4 is 11.6 Å². The van der Waals surface area contributed by atoms with Gasteiger partial charge in [0.05, 0.1) is 98.0 Å². The second kappa shape index (κ2) is 60.3. The van der Waals surface area contributed by atoms with Crippen LogP contribution in [0.3, 0.4) is 0 Å². The number of halogens is 8. The minimum Gasteiger partial charge on any atom is -0.496 e. The molecular weight excluding hydrogens is 1710 g/mol. The van der Waals surface area contributed by atoms with E-state index in [1.54, 1.807) is 140 Å². The summed E-state index contributed by atoms with van der Waals surface area (Å²) in [5, 5.41) is 2.94. The van der Waals surface area contributed by atoms with Crippen molar-refractivity contribution in [2.75, 3.05) is 110 Å². The van der Waals surface area contributed by atoms with Crippen LogP contribution in [0.2, 0.25) is 0 Å². The Morgan fingerprint density at radius 2 is 0.646 bits per heavy atom. The topological polar surface area (TPSA) is 328 Å². The van der Waals surface area contributed by atoms with E-state index < -0.39 is 30.7 Å². The molecule has 0 aliphatic heterocycles. The Kier molecular flexibility index (Phi) is 53.1. The third-order valence-electron chi connectivity index (χ3n) is 16.9. The van der Waals surface area contributed by atoms with E-state index in [2.05, 4.69) is 90.4 Å². The molecule has 11 heterocycles. The molecule has 130 heavy (non-hydrogen) atoms. The van der Waals surface area contributed by atoms with Crippen LogP contribution >= 0.6 is 0 Å². The third-order valence-corrected chi connectivity index (χ3v) is 16.9. The molecule has 0 aromatic carbocycles. The Morgan fingerprint density at radius 1 is 0.331 bits per heavy atom. The van der Waals surface area contributed by atoms with E-state index >= 15 is 0 Å². The van der Waals surface area contributed by atoms with Crippen LogP contribution in [-0.4, -0.2) is 173 Å². The first-order chi connectivity index (χ1) is 61.3. The number of hydrogen-bond donors (Lipinski definition) is 2. The van der Waals surface area contributed by atoms with E-state index in [-0.39, 0.29) is 17.7 Å². The molecule has 0 aliphatic rings. The fourth-order valence-corrected chi connectivity index (χ4v) is 9.83. The zero-order chi connectivity index (χ0) is 98.6. The summed E-state index contributed by atoms with van der Waals surface area (Å²) in [6.45, 7) is 32.6. The highest BCUT2D eigenvalue weighted by atomic mass is 19.4. The van der Waals surface area contributed by atoms with Crippen molar-refractivity contribution in [2.24, 2.45) is 0 Å². The van der Waals surface area contributed by atoms with Crippen LogP contribution < -0.4 is 86.8 Å². The molecule has 37 heteroatoms. The van der Waals surface area contributed by atoms with Gasteiger partial charge in [0.2, 0.25) is 29.4 Å². The van der Waals surface area contributed by atoms with Crippen molar-refractivity contribution in [3.05, 3.63) is 219 Å². The molecule has 0 saturated carbocycles. The number of methoxy groups -OCH3 is 12. The highest BCUT2D eigenvalue weighted by molar-refractivity contribution is 5.45. The molecule has 3 N–H and O–H groups in total. The number of hydrogen-bond acceptors (Lipinski definition) is 29. The van der Waals surface area contributed by atoms with Crippen LogP contribution in [-0.2, 0) is 12.6 Å². The predicted molar refractivity (Wildman–Crippen MR) is 485 cm³/mol. The van der Waals surface area contributed by atoms with E-state index in [1.807, 2.05) is 133 Å². The summed E-state index contributed by atoms with van der Waals surface area (Å²) >= 11 is 0. The van der Waals surface area contributed by atoms with Gasteiger partial charge < -0.3 is 86.8 Å². The summed E-state index contributed by atoms with van der Waals surface area (Å²) in [7, 11) is 20.8. The number of anilines is 2. The molecule has 714 valence electrons. The van der Waals surface area contributed by atoms with Gasteiger partial charge in [0.15, 0.2) is 0 Å². The van der Waals surface area contributed by atoms with Gasteiger partial charge in [-0.2, -0.15) is 22.0 Å². The minimum absolute atomic E-state index is 0.139. The smallest absolute Gasteiger partial charge is 0.496 e. The number of nitrogen functional groups attached to an aromatic ring is 1. The van der Waals surface area contributed by atoms with Gasteiger partial charge in [-0.3, -0.25) is 19.9 Å². The molecule has 0 spiro atoms. The molecule has 0 amide bonds. The average Bonchev–Trinajstić information content (AvgIpc) is 0.852. The first kappa shape index (κ1) is 114. The van der Waals surface area contributed by atoms with Gasteiger partial charge in [0, 0.05) is 220 Å².